The van der Waals surface area contributed by atoms with Gasteiger partial charge in [0.2, 0.25) is 0 Å². The lowest BCUT2D eigenvalue weighted by atomic mass is 9.96. The fraction of sp³-hybridized carbons (Fsp3) is 0.667. The number of hydrogen-bond acceptors (Lipinski definition) is 4. The highest BCUT2D eigenvalue weighted by atomic mass is 15.2. The second-order valence-corrected chi connectivity index (χ2v) is 5.69. The second kappa shape index (κ2) is 6.98. The summed E-state index contributed by atoms with van der Waals surface area (Å²) in [6.07, 6.45) is 1.89. The van der Waals surface area contributed by atoms with Crippen LogP contribution in [0.25, 0.3) is 0 Å². The largest absolute Gasteiger partial charge is 0.314 e. The Bertz CT molecular complexity index is 360. The summed E-state index contributed by atoms with van der Waals surface area (Å²) in [4.78, 5) is 9.39. The number of nitrogens with zero attached hydrogens (tertiary/aromatic N) is 3. The summed E-state index contributed by atoms with van der Waals surface area (Å²) in [5.41, 5.74) is 1.18. The molecule has 0 radical (unpaired) electrons. The van der Waals surface area contributed by atoms with Crippen molar-refractivity contribution in [3.8, 4) is 0 Å². The van der Waals surface area contributed by atoms with Gasteiger partial charge in [0.05, 0.1) is 11.7 Å². The average Bonchev–Trinajstić information content (AvgIpc) is 2.40. The van der Waals surface area contributed by atoms with Crippen molar-refractivity contribution in [1.82, 2.24) is 20.1 Å². The fourth-order valence-corrected chi connectivity index (χ4v) is 3.02. The van der Waals surface area contributed by atoms with E-state index in [1.165, 1.54) is 5.69 Å². The summed E-state index contributed by atoms with van der Waals surface area (Å²) in [5, 5.41) is 3.41. The number of hydrogen-bond donors (Lipinski definition) is 1. The van der Waals surface area contributed by atoms with Gasteiger partial charge in [-0.25, -0.2) is 0 Å². The van der Waals surface area contributed by atoms with E-state index in [2.05, 4.69) is 53.3 Å². The van der Waals surface area contributed by atoms with Crippen molar-refractivity contribution in [2.24, 2.45) is 5.92 Å². The van der Waals surface area contributed by atoms with Gasteiger partial charge in [0.15, 0.2) is 0 Å². The van der Waals surface area contributed by atoms with Crippen molar-refractivity contribution in [3.05, 3.63) is 30.1 Å². The quantitative estimate of drug-likeness (QED) is 0.865. The molecule has 2 rings (SSSR count). The summed E-state index contributed by atoms with van der Waals surface area (Å²) >= 11 is 0. The van der Waals surface area contributed by atoms with Crippen LogP contribution >= 0.6 is 0 Å². The minimum Gasteiger partial charge on any atom is -0.314 e. The van der Waals surface area contributed by atoms with Crippen LogP contribution in [0.3, 0.4) is 0 Å². The smallest absolute Gasteiger partial charge is 0.0578 e. The molecule has 1 aromatic rings. The first-order valence-electron chi connectivity index (χ1n) is 7.19. The normalized spacial score (nSPS) is 20.4. The molecule has 0 bridgehead atoms. The van der Waals surface area contributed by atoms with Gasteiger partial charge in [-0.3, -0.25) is 4.98 Å². The van der Waals surface area contributed by atoms with Crippen molar-refractivity contribution in [3.63, 3.8) is 0 Å². The Labute approximate surface area is 116 Å². The van der Waals surface area contributed by atoms with Crippen LogP contribution < -0.4 is 5.32 Å². The van der Waals surface area contributed by atoms with Crippen LogP contribution in [-0.4, -0.2) is 61.6 Å². The lowest BCUT2D eigenvalue weighted by molar-refractivity contribution is 0.146. The lowest BCUT2D eigenvalue weighted by Crippen LogP contribution is -2.46. The molecule has 0 saturated carbocycles. The first kappa shape index (κ1) is 14.4. The molecule has 4 heteroatoms. The lowest BCUT2D eigenvalue weighted by Gasteiger charge is -2.35. The third-order valence-corrected chi connectivity index (χ3v) is 3.84. The van der Waals surface area contributed by atoms with Crippen molar-refractivity contribution >= 4 is 0 Å². The SMILES string of the molecule is CC(CN1CCNCC1)C(c1ccccn1)N(C)C. The van der Waals surface area contributed by atoms with Crippen molar-refractivity contribution in [2.75, 3.05) is 46.8 Å². The number of aromatic nitrogens is 1. The van der Waals surface area contributed by atoms with E-state index in [-0.39, 0.29) is 0 Å². The highest BCUT2D eigenvalue weighted by molar-refractivity contribution is 5.10. The van der Waals surface area contributed by atoms with Gasteiger partial charge in [0.25, 0.3) is 0 Å². The molecule has 4 nitrogen and oxygen atoms in total. The molecule has 0 amide bonds. The fourth-order valence-electron chi connectivity index (χ4n) is 3.02. The van der Waals surface area contributed by atoms with E-state index in [9.17, 15) is 0 Å². The summed E-state index contributed by atoms with van der Waals surface area (Å²) in [5.74, 6) is 0.572. The first-order valence-corrected chi connectivity index (χ1v) is 7.19. The predicted octanol–water partition coefficient (Wildman–Crippen LogP) is 1.23. The van der Waals surface area contributed by atoms with E-state index in [1.54, 1.807) is 0 Å². The molecular weight excluding hydrogens is 236 g/mol. The molecule has 0 aromatic carbocycles. The number of piperazine rings is 1. The van der Waals surface area contributed by atoms with Crippen molar-refractivity contribution < 1.29 is 0 Å². The molecule has 1 aliphatic heterocycles. The van der Waals surface area contributed by atoms with Gasteiger partial charge >= 0.3 is 0 Å². The van der Waals surface area contributed by atoms with Crippen LogP contribution in [0.1, 0.15) is 18.7 Å². The number of pyridine rings is 1. The third kappa shape index (κ3) is 4.00. The monoisotopic (exact) mass is 262 g/mol. The van der Waals surface area contributed by atoms with Crippen LogP contribution in [0, 0.1) is 5.92 Å². The van der Waals surface area contributed by atoms with Gasteiger partial charge in [-0.1, -0.05) is 13.0 Å². The average molecular weight is 262 g/mol. The Kier molecular flexibility index (Phi) is 5.31. The zero-order valence-corrected chi connectivity index (χ0v) is 12.3. The van der Waals surface area contributed by atoms with Gasteiger partial charge < -0.3 is 15.1 Å². The van der Waals surface area contributed by atoms with E-state index in [1.807, 2.05) is 12.3 Å². The molecule has 2 heterocycles. The topological polar surface area (TPSA) is 31.4 Å². The highest BCUT2D eigenvalue weighted by Gasteiger charge is 2.24. The Hall–Kier alpha value is -0.970. The molecule has 1 saturated heterocycles. The Balaban J connectivity index is 2.02. The van der Waals surface area contributed by atoms with Crippen LogP contribution in [-0.2, 0) is 0 Å². The van der Waals surface area contributed by atoms with E-state index in [0.29, 0.717) is 12.0 Å². The molecule has 106 valence electrons. The second-order valence-electron chi connectivity index (χ2n) is 5.69. The maximum Gasteiger partial charge on any atom is 0.0578 e. The van der Waals surface area contributed by atoms with E-state index >= 15 is 0 Å². The summed E-state index contributed by atoms with van der Waals surface area (Å²) in [6.45, 7) is 8.02. The predicted molar refractivity (Wildman–Crippen MR) is 79.1 cm³/mol. The molecule has 1 aromatic heterocycles. The van der Waals surface area contributed by atoms with Crippen LogP contribution in [0.5, 0.6) is 0 Å². The van der Waals surface area contributed by atoms with E-state index in [0.717, 1.165) is 32.7 Å². The van der Waals surface area contributed by atoms with Gasteiger partial charge in [-0.2, -0.15) is 0 Å². The number of nitrogens with one attached hydrogen (secondary N) is 1. The van der Waals surface area contributed by atoms with E-state index < -0.39 is 0 Å². The third-order valence-electron chi connectivity index (χ3n) is 3.84. The van der Waals surface area contributed by atoms with Crippen LogP contribution in [0.4, 0.5) is 0 Å². The molecule has 1 N–H and O–H groups in total. The zero-order valence-electron chi connectivity index (χ0n) is 12.3. The molecule has 0 aliphatic carbocycles. The van der Waals surface area contributed by atoms with E-state index in [4.69, 9.17) is 0 Å². The summed E-state index contributed by atoms with van der Waals surface area (Å²) in [7, 11) is 4.29. The van der Waals surface area contributed by atoms with Crippen molar-refractivity contribution in [1.29, 1.82) is 0 Å². The summed E-state index contributed by atoms with van der Waals surface area (Å²) in [6, 6.07) is 6.59. The molecule has 1 aliphatic rings. The molecular formula is C15H26N4. The minimum atomic E-state index is 0.385. The highest BCUT2D eigenvalue weighted by Crippen LogP contribution is 2.25. The molecule has 1 fully saturated rings. The Morgan fingerprint density at radius 2 is 2.05 bits per heavy atom. The van der Waals surface area contributed by atoms with Gasteiger partial charge in [-0.15, -0.1) is 0 Å². The Morgan fingerprint density at radius 1 is 1.32 bits per heavy atom. The molecule has 2 unspecified atom stereocenters. The molecule has 0 spiro atoms. The molecule has 19 heavy (non-hydrogen) atoms. The zero-order chi connectivity index (χ0) is 13.7. The maximum absolute atomic E-state index is 4.54. The van der Waals surface area contributed by atoms with Crippen LogP contribution in [0.15, 0.2) is 24.4 Å². The van der Waals surface area contributed by atoms with Crippen LogP contribution in [0.2, 0.25) is 0 Å². The maximum atomic E-state index is 4.54. The minimum absolute atomic E-state index is 0.385. The van der Waals surface area contributed by atoms with Gasteiger partial charge in [-0.05, 0) is 32.1 Å². The first-order chi connectivity index (χ1) is 9.18. The standard InChI is InChI=1S/C15H26N4/c1-13(12-19-10-8-16-9-11-19)15(18(2)3)14-6-4-5-7-17-14/h4-7,13,15-16H,8-12H2,1-3H3. The van der Waals surface area contributed by atoms with Gasteiger partial charge in [0, 0.05) is 38.9 Å². The van der Waals surface area contributed by atoms with Gasteiger partial charge in [0.1, 0.15) is 0 Å². The number of rotatable bonds is 5. The van der Waals surface area contributed by atoms with Crippen molar-refractivity contribution in [2.45, 2.75) is 13.0 Å². The molecule has 2 atom stereocenters. The Morgan fingerprint density at radius 3 is 2.63 bits per heavy atom. The summed E-state index contributed by atoms with van der Waals surface area (Å²) < 4.78 is 0.